The molecule has 0 fully saturated rings. The van der Waals surface area contributed by atoms with Crippen molar-refractivity contribution in [2.75, 3.05) is 0 Å². The highest BCUT2D eigenvalue weighted by molar-refractivity contribution is 7.71. The van der Waals surface area contributed by atoms with E-state index >= 15 is 0 Å². The van der Waals surface area contributed by atoms with Gasteiger partial charge in [-0.3, -0.25) is 4.57 Å². The molecule has 4 heteroatoms. The number of benzene rings is 2. The number of fused-ring (bicyclic) bond motifs is 1. The number of nitrogens with zero attached hydrogens (tertiary/aromatic N) is 1. The highest BCUT2D eigenvalue weighted by atomic mass is 35.5. The van der Waals surface area contributed by atoms with Crippen molar-refractivity contribution in [1.82, 2.24) is 9.55 Å². The summed E-state index contributed by atoms with van der Waals surface area (Å²) in [5.41, 5.74) is 5.59. The summed E-state index contributed by atoms with van der Waals surface area (Å²) in [5.74, 6) is 0. The zero-order chi connectivity index (χ0) is 13.6. The second-order valence-electron chi connectivity index (χ2n) is 4.65. The van der Waals surface area contributed by atoms with Crippen LogP contribution in [-0.4, -0.2) is 9.55 Å². The molecular formula is C15H13ClN2S. The van der Waals surface area contributed by atoms with E-state index < -0.39 is 0 Å². The van der Waals surface area contributed by atoms with Gasteiger partial charge in [-0.25, -0.2) is 0 Å². The Kier molecular flexibility index (Phi) is 2.96. The van der Waals surface area contributed by atoms with Crippen LogP contribution in [0.3, 0.4) is 0 Å². The maximum atomic E-state index is 6.02. The molecule has 0 amide bonds. The largest absolute Gasteiger partial charge is 0.330 e. The molecule has 0 aliphatic carbocycles. The van der Waals surface area contributed by atoms with Crippen LogP contribution in [0, 0.1) is 18.6 Å². The Balaban J connectivity index is 2.40. The molecule has 1 N–H and O–H groups in total. The first-order valence-electron chi connectivity index (χ1n) is 6.05. The van der Waals surface area contributed by atoms with Crippen LogP contribution in [0.25, 0.3) is 16.7 Å². The lowest BCUT2D eigenvalue weighted by molar-refractivity contribution is 1.04. The number of aromatic amines is 1. The van der Waals surface area contributed by atoms with E-state index in [0.717, 1.165) is 16.7 Å². The smallest absolute Gasteiger partial charge is 0.182 e. The summed E-state index contributed by atoms with van der Waals surface area (Å²) in [7, 11) is 0. The lowest BCUT2D eigenvalue weighted by Gasteiger charge is -2.10. The predicted octanol–water partition coefficient (Wildman–Crippen LogP) is 4.96. The van der Waals surface area contributed by atoms with Crippen LogP contribution in [0.1, 0.15) is 11.1 Å². The fraction of sp³-hybridized carbons (Fsp3) is 0.133. The number of halogens is 1. The standard InChI is InChI=1S/C15H13ClN2S/c1-9-4-3-5-13(10(9)2)18-14-7-6-11(16)8-12(14)17-15(18)19/h3-8H,1-2H3,(H,17,19). The summed E-state index contributed by atoms with van der Waals surface area (Å²) in [6, 6.07) is 12.0. The van der Waals surface area contributed by atoms with Gasteiger partial charge in [0.05, 0.1) is 16.7 Å². The molecule has 1 aromatic heterocycles. The lowest BCUT2D eigenvalue weighted by Crippen LogP contribution is -1.98. The molecule has 3 rings (SSSR count). The molecule has 0 radical (unpaired) electrons. The molecule has 0 atom stereocenters. The monoisotopic (exact) mass is 288 g/mol. The zero-order valence-electron chi connectivity index (χ0n) is 10.7. The van der Waals surface area contributed by atoms with E-state index in [1.165, 1.54) is 11.1 Å². The number of H-pyrrole nitrogens is 1. The molecule has 0 bridgehead atoms. The molecule has 2 nitrogen and oxygen atoms in total. The van der Waals surface area contributed by atoms with Gasteiger partial charge in [0.15, 0.2) is 4.77 Å². The fourth-order valence-corrected chi connectivity index (χ4v) is 2.78. The number of aromatic nitrogens is 2. The maximum Gasteiger partial charge on any atom is 0.182 e. The maximum absolute atomic E-state index is 6.02. The van der Waals surface area contributed by atoms with Crippen LogP contribution < -0.4 is 0 Å². The normalized spacial score (nSPS) is 11.1. The van der Waals surface area contributed by atoms with E-state index in [1.54, 1.807) is 0 Å². The average Bonchev–Trinajstić information content (AvgIpc) is 2.68. The summed E-state index contributed by atoms with van der Waals surface area (Å²) in [4.78, 5) is 3.21. The Bertz CT molecular complexity index is 830. The van der Waals surface area contributed by atoms with Gasteiger partial charge in [0.25, 0.3) is 0 Å². The lowest BCUT2D eigenvalue weighted by atomic mass is 10.1. The summed E-state index contributed by atoms with van der Waals surface area (Å²) >= 11 is 11.5. The van der Waals surface area contributed by atoms with Gasteiger partial charge >= 0.3 is 0 Å². The molecule has 0 aliphatic heterocycles. The van der Waals surface area contributed by atoms with E-state index in [9.17, 15) is 0 Å². The molecule has 0 saturated heterocycles. The summed E-state index contributed by atoms with van der Waals surface area (Å²) in [6.45, 7) is 4.22. The molecule has 0 unspecified atom stereocenters. The minimum atomic E-state index is 0.686. The quantitative estimate of drug-likeness (QED) is 0.628. The minimum absolute atomic E-state index is 0.686. The highest BCUT2D eigenvalue weighted by Gasteiger charge is 2.09. The first-order valence-corrected chi connectivity index (χ1v) is 6.83. The number of hydrogen-bond donors (Lipinski definition) is 1. The van der Waals surface area contributed by atoms with Crippen molar-refractivity contribution < 1.29 is 0 Å². The number of aryl methyl sites for hydroxylation is 1. The molecular weight excluding hydrogens is 276 g/mol. The van der Waals surface area contributed by atoms with Crippen molar-refractivity contribution in [3.8, 4) is 5.69 Å². The van der Waals surface area contributed by atoms with Crippen LogP contribution in [0.5, 0.6) is 0 Å². The van der Waals surface area contributed by atoms with Crippen molar-refractivity contribution in [2.24, 2.45) is 0 Å². The average molecular weight is 289 g/mol. The van der Waals surface area contributed by atoms with Gasteiger partial charge in [-0.05, 0) is 61.5 Å². The van der Waals surface area contributed by atoms with E-state index in [1.807, 2.05) is 24.3 Å². The Morgan fingerprint density at radius 1 is 1.16 bits per heavy atom. The molecule has 19 heavy (non-hydrogen) atoms. The zero-order valence-corrected chi connectivity index (χ0v) is 12.3. The summed E-state index contributed by atoms with van der Waals surface area (Å²) in [5, 5.41) is 0.705. The molecule has 0 saturated carbocycles. The van der Waals surface area contributed by atoms with Crippen LogP contribution in [-0.2, 0) is 0 Å². The van der Waals surface area contributed by atoms with E-state index in [-0.39, 0.29) is 0 Å². The van der Waals surface area contributed by atoms with E-state index in [2.05, 4.69) is 35.5 Å². The van der Waals surface area contributed by atoms with Gasteiger partial charge in [-0.15, -0.1) is 0 Å². The first-order chi connectivity index (χ1) is 9.08. The molecule has 2 aromatic carbocycles. The van der Waals surface area contributed by atoms with Crippen molar-refractivity contribution in [2.45, 2.75) is 13.8 Å². The number of nitrogens with one attached hydrogen (secondary N) is 1. The predicted molar refractivity (Wildman–Crippen MR) is 82.9 cm³/mol. The number of hydrogen-bond acceptors (Lipinski definition) is 1. The first kappa shape index (κ1) is 12.5. The van der Waals surface area contributed by atoms with Gasteiger partial charge in [0.1, 0.15) is 0 Å². The Morgan fingerprint density at radius 2 is 1.95 bits per heavy atom. The van der Waals surface area contributed by atoms with Gasteiger partial charge in [-0.2, -0.15) is 0 Å². The minimum Gasteiger partial charge on any atom is -0.330 e. The van der Waals surface area contributed by atoms with Crippen LogP contribution in [0.4, 0.5) is 0 Å². The Hall–Kier alpha value is -1.58. The second kappa shape index (κ2) is 4.51. The van der Waals surface area contributed by atoms with Crippen molar-refractivity contribution >= 4 is 34.9 Å². The topological polar surface area (TPSA) is 20.7 Å². The van der Waals surface area contributed by atoms with Crippen molar-refractivity contribution in [3.63, 3.8) is 0 Å². The molecule has 1 heterocycles. The van der Waals surface area contributed by atoms with E-state index in [0.29, 0.717) is 9.79 Å². The highest BCUT2D eigenvalue weighted by Crippen LogP contribution is 2.25. The summed E-state index contributed by atoms with van der Waals surface area (Å²) in [6.07, 6.45) is 0. The van der Waals surface area contributed by atoms with Crippen LogP contribution in [0.2, 0.25) is 5.02 Å². The van der Waals surface area contributed by atoms with Gasteiger partial charge < -0.3 is 4.98 Å². The molecule has 3 aromatic rings. The number of rotatable bonds is 1. The third-order valence-corrected chi connectivity index (χ3v) is 3.98. The van der Waals surface area contributed by atoms with Crippen molar-refractivity contribution in [1.29, 1.82) is 0 Å². The Labute approximate surface area is 121 Å². The summed E-state index contributed by atoms with van der Waals surface area (Å²) < 4.78 is 2.74. The molecule has 0 aliphatic rings. The second-order valence-corrected chi connectivity index (χ2v) is 5.47. The van der Waals surface area contributed by atoms with Crippen molar-refractivity contribution in [3.05, 3.63) is 57.3 Å². The van der Waals surface area contributed by atoms with Gasteiger partial charge in [-0.1, -0.05) is 23.7 Å². The van der Waals surface area contributed by atoms with Crippen LogP contribution >= 0.6 is 23.8 Å². The van der Waals surface area contributed by atoms with Crippen LogP contribution in [0.15, 0.2) is 36.4 Å². The third-order valence-electron chi connectivity index (χ3n) is 3.46. The SMILES string of the molecule is Cc1cccc(-n2c(=S)[nH]c3cc(Cl)ccc32)c1C. The molecule has 96 valence electrons. The van der Waals surface area contributed by atoms with Gasteiger partial charge in [0.2, 0.25) is 0 Å². The molecule has 0 spiro atoms. The van der Waals surface area contributed by atoms with E-state index in [4.69, 9.17) is 23.8 Å². The Morgan fingerprint density at radius 3 is 2.74 bits per heavy atom. The van der Waals surface area contributed by atoms with Gasteiger partial charge in [0, 0.05) is 5.02 Å². The number of imidazole rings is 1. The fourth-order valence-electron chi connectivity index (χ4n) is 2.30. The third kappa shape index (κ3) is 1.99.